The molecule has 0 radical (unpaired) electrons. The zero-order valence-corrected chi connectivity index (χ0v) is 12.1. The monoisotopic (exact) mass is 303 g/mol. The standard InChI is InChI=1S/C16H13N7/c17-14-15(22-11-4-3-7-18-8-11)19-9-20-16(14)23-10-21-12-5-1-2-6-13(12)23/h1-10H,17H2,(H,19,20,22). The van der Waals surface area contributed by atoms with Gasteiger partial charge in [0.15, 0.2) is 11.6 Å². The molecule has 0 fully saturated rings. The number of nitrogens with one attached hydrogen (secondary N) is 1. The maximum absolute atomic E-state index is 6.26. The smallest absolute Gasteiger partial charge is 0.167 e. The Morgan fingerprint density at radius 3 is 2.78 bits per heavy atom. The average Bonchev–Trinajstić information content (AvgIpc) is 3.02. The van der Waals surface area contributed by atoms with E-state index in [1.807, 2.05) is 41.0 Å². The van der Waals surface area contributed by atoms with Crippen LogP contribution in [0.2, 0.25) is 0 Å². The summed E-state index contributed by atoms with van der Waals surface area (Å²) in [6.45, 7) is 0. The van der Waals surface area contributed by atoms with E-state index < -0.39 is 0 Å². The minimum absolute atomic E-state index is 0.444. The number of hydrogen-bond acceptors (Lipinski definition) is 6. The average molecular weight is 303 g/mol. The molecular formula is C16H13N7. The number of aromatic nitrogens is 5. The van der Waals surface area contributed by atoms with Gasteiger partial charge in [-0.3, -0.25) is 9.55 Å². The van der Waals surface area contributed by atoms with Gasteiger partial charge >= 0.3 is 0 Å². The third-order valence-corrected chi connectivity index (χ3v) is 3.47. The highest BCUT2D eigenvalue weighted by Gasteiger charge is 2.12. The summed E-state index contributed by atoms with van der Waals surface area (Å²) in [7, 11) is 0. The van der Waals surface area contributed by atoms with Crippen LogP contribution in [-0.4, -0.2) is 24.5 Å². The zero-order chi connectivity index (χ0) is 15.6. The number of pyridine rings is 1. The van der Waals surface area contributed by atoms with Crippen LogP contribution in [0.4, 0.5) is 17.2 Å². The summed E-state index contributed by atoms with van der Waals surface area (Å²) >= 11 is 0. The van der Waals surface area contributed by atoms with Crippen LogP contribution in [0, 0.1) is 0 Å². The van der Waals surface area contributed by atoms with Crippen molar-refractivity contribution in [3.05, 3.63) is 61.4 Å². The maximum Gasteiger partial charge on any atom is 0.167 e. The number of benzene rings is 1. The largest absolute Gasteiger partial charge is 0.393 e. The number of imidazole rings is 1. The predicted molar refractivity (Wildman–Crippen MR) is 88.6 cm³/mol. The van der Waals surface area contributed by atoms with Gasteiger partial charge in [-0.2, -0.15) is 0 Å². The Kier molecular flexibility index (Phi) is 3.09. The van der Waals surface area contributed by atoms with Crippen LogP contribution in [0.1, 0.15) is 0 Å². The Bertz CT molecular complexity index is 963. The van der Waals surface area contributed by atoms with Crippen LogP contribution < -0.4 is 11.1 Å². The maximum atomic E-state index is 6.26. The number of rotatable bonds is 3. The van der Waals surface area contributed by atoms with Crippen molar-refractivity contribution in [1.82, 2.24) is 24.5 Å². The fraction of sp³-hybridized carbons (Fsp3) is 0. The summed E-state index contributed by atoms with van der Waals surface area (Å²) in [5.41, 5.74) is 9.32. The van der Waals surface area contributed by atoms with E-state index >= 15 is 0 Å². The molecule has 0 unspecified atom stereocenters. The molecule has 0 aliphatic rings. The Labute approximate surface area is 131 Å². The molecule has 4 aromatic rings. The first-order valence-corrected chi connectivity index (χ1v) is 7.03. The van der Waals surface area contributed by atoms with Gasteiger partial charge in [0.2, 0.25) is 0 Å². The second kappa shape index (κ2) is 5.38. The lowest BCUT2D eigenvalue weighted by Crippen LogP contribution is -2.07. The van der Waals surface area contributed by atoms with E-state index in [4.69, 9.17) is 5.73 Å². The second-order valence-electron chi connectivity index (χ2n) is 4.93. The van der Waals surface area contributed by atoms with E-state index in [0.717, 1.165) is 16.7 Å². The highest BCUT2D eigenvalue weighted by molar-refractivity contribution is 5.81. The van der Waals surface area contributed by atoms with Gasteiger partial charge in [0.05, 0.1) is 22.9 Å². The minimum Gasteiger partial charge on any atom is -0.393 e. The molecule has 3 aromatic heterocycles. The van der Waals surface area contributed by atoms with Gasteiger partial charge in [-0.1, -0.05) is 12.1 Å². The lowest BCUT2D eigenvalue weighted by molar-refractivity contribution is 1.00. The molecule has 1 aromatic carbocycles. The molecule has 0 atom stereocenters. The quantitative estimate of drug-likeness (QED) is 0.604. The number of hydrogen-bond donors (Lipinski definition) is 2. The van der Waals surface area contributed by atoms with Crippen molar-refractivity contribution in [3.8, 4) is 5.82 Å². The van der Waals surface area contributed by atoms with Crippen molar-refractivity contribution in [3.63, 3.8) is 0 Å². The molecule has 0 saturated heterocycles. The summed E-state index contributed by atoms with van der Waals surface area (Å²) in [6, 6.07) is 11.5. The first-order valence-electron chi connectivity index (χ1n) is 7.03. The molecule has 4 rings (SSSR count). The van der Waals surface area contributed by atoms with Gasteiger partial charge < -0.3 is 11.1 Å². The van der Waals surface area contributed by atoms with Crippen LogP contribution in [0.3, 0.4) is 0 Å². The molecule has 7 nitrogen and oxygen atoms in total. The van der Waals surface area contributed by atoms with Crippen molar-refractivity contribution in [2.75, 3.05) is 11.1 Å². The fourth-order valence-electron chi connectivity index (χ4n) is 2.38. The Morgan fingerprint density at radius 1 is 1.00 bits per heavy atom. The second-order valence-corrected chi connectivity index (χ2v) is 4.93. The SMILES string of the molecule is Nc1c(Nc2cccnc2)ncnc1-n1cnc2ccccc21. The highest BCUT2D eigenvalue weighted by atomic mass is 15.2. The van der Waals surface area contributed by atoms with E-state index in [9.17, 15) is 0 Å². The van der Waals surface area contributed by atoms with Crippen LogP contribution >= 0.6 is 0 Å². The summed E-state index contributed by atoms with van der Waals surface area (Å²) in [6.07, 6.45) is 6.59. The number of nitrogen functional groups attached to an aromatic ring is 1. The van der Waals surface area contributed by atoms with E-state index in [1.54, 1.807) is 18.7 Å². The molecule has 0 aliphatic heterocycles. The number of nitrogens with zero attached hydrogens (tertiary/aromatic N) is 5. The van der Waals surface area contributed by atoms with Crippen molar-refractivity contribution in [2.24, 2.45) is 0 Å². The highest BCUT2D eigenvalue weighted by Crippen LogP contribution is 2.26. The van der Waals surface area contributed by atoms with Gasteiger partial charge in [-0.05, 0) is 24.3 Å². The van der Waals surface area contributed by atoms with Gasteiger partial charge in [0, 0.05) is 6.20 Å². The zero-order valence-electron chi connectivity index (χ0n) is 12.1. The summed E-state index contributed by atoms with van der Waals surface area (Å²) < 4.78 is 1.85. The van der Waals surface area contributed by atoms with Gasteiger partial charge in [0.25, 0.3) is 0 Å². The molecule has 0 amide bonds. The molecule has 3 heterocycles. The first kappa shape index (κ1) is 13.2. The van der Waals surface area contributed by atoms with E-state index in [0.29, 0.717) is 17.3 Å². The van der Waals surface area contributed by atoms with E-state index in [1.165, 1.54) is 6.33 Å². The fourth-order valence-corrected chi connectivity index (χ4v) is 2.38. The molecule has 7 heteroatoms. The predicted octanol–water partition coefficient (Wildman–Crippen LogP) is 2.54. The van der Waals surface area contributed by atoms with E-state index in [-0.39, 0.29) is 0 Å². The molecule has 3 N–H and O–H groups in total. The number of fused-ring (bicyclic) bond motifs is 1. The van der Waals surface area contributed by atoms with Crippen molar-refractivity contribution < 1.29 is 0 Å². The Hall–Kier alpha value is -3.48. The third-order valence-electron chi connectivity index (χ3n) is 3.47. The van der Waals surface area contributed by atoms with E-state index in [2.05, 4.69) is 25.3 Å². The molecular weight excluding hydrogens is 290 g/mol. The number of nitrogens with two attached hydrogens (primary N) is 1. The minimum atomic E-state index is 0.444. The third kappa shape index (κ3) is 2.34. The van der Waals surface area contributed by atoms with Crippen LogP contribution in [-0.2, 0) is 0 Å². The molecule has 112 valence electrons. The lowest BCUT2D eigenvalue weighted by Gasteiger charge is -2.11. The molecule has 0 saturated carbocycles. The number of anilines is 3. The topological polar surface area (TPSA) is 94.5 Å². The summed E-state index contributed by atoms with van der Waals surface area (Å²) in [5.74, 6) is 1.11. The first-order chi connectivity index (χ1) is 11.3. The Morgan fingerprint density at radius 2 is 1.91 bits per heavy atom. The normalized spacial score (nSPS) is 10.8. The van der Waals surface area contributed by atoms with Crippen molar-refractivity contribution in [1.29, 1.82) is 0 Å². The summed E-state index contributed by atoms with van der Waals surface area (Å²) in [4.78, 5) is 16.9. The lowest BCUT2D eigenvalue weighted by atomic mass is 10.3. The number of para-hydroxylation sites is 2. The summed E-state index contributed by atoms with van der Waals surface area (Å²) in [5, 5.41) is 3.15. The molecule has 0 bridgehead atoms. The van der Waals surface area contributed by atoms with Crippen molar-refractivity contribution >= 4 is 28.2 Å². The molecule has 0 spiro atoms. The van der Waals surface area contributed by atoms with Gasteiger partial charge in [-0.15, -0.1) is 0 Å². The van der Waals surface area contributed by atoms with Gasteiger partial charge in [-0.25, -0.2) is 15.0 Å². The van der Waals surface area contributed by atoms with Crippen LogP contribution in [0.5, 0.6) is 0 Å². The molecule has 0 aliphatic carbocycles. The van der Waals surface area contributed by atoms with Crippen LogP contribution in [0.15, 0.2) is 61.4 Å². The molecule has 23 heavy (non-hydrogen) atoms. The Balaban J connectivity index is 1.80. The van der Waals surface area contributed by atoms with Crippen LogP contribution in [0.25, 0.3) is 16.9 Å². The van der Waals surface area contributed by atoms with Gasteiger partial charge in [0.1, 0.15) is 18.3 Å². The van der Waals surface area contributed by atoms with Crippen molar-refractivity contribution in [2.45, 2.75) is 0 Å².